The zero-order valence-corrected chi connectivity index (χ0v) is 39.8. The number of likely N-dealkylation sites (tertiary alicyclic amines) is 1. The number of carbonyl (C=O) groups excluding carboxylic acids is 3. The second-order valence-electron chi connectivity index (χ2n) is 16.8. The average Bonchev–Trinajstić information content (AvgIpc) is 3.73. The maximum absolute atomic E-state index is 13.6. The number of benzene rings is 1. The van der Waals surface area contributed by atoms with Crippen LogP contribution in [-0.2, 0) is 67.7 Å². The monoisotopic (exact) mass is 938 g/mol. The van der Waals surface area contributed by atoms with Gasteiger partial charge >= 0.3 is 0 Å². The van der Waals surface area contributed by atoms with E-state index in [-0.39, 0.29) is 35.6 Å². The Kier molecular flexibility index (Phi) is 25.3. The number of hydrogen-bond donors (Lipinski definition) is 6. The summed E-state index contributed by atoms with van der Waals surface area (Å²) >= 11 is 0. The van der Waals surface area contributed by atoms with Gasteiger partial charge in [0.25, 0.3) is 0 Å². The van der Waals surface area contributed by atoms with Gasteiger partial charge in [0, 0.05) is 39.6 Å². The van der Waals surface area contributed by atoms with Gasteiger partial charge in [-0.15, -0.1) is 5.10 Å². The lowest BCUT2D eigenvalue weighted by Gasteiger charge is -2.38. The summed E-state index contributed by atoms with van der Waals surface area (Å²) in [6.07, 6.45) is 5.82. The second kappa shape index (κ2) is 30.0. The molecular formula is C43H75N11O10S. The minimum Gasteiger partial charge on any atom is -0.383 e. The van der Waals surface area contributed by atoms with Crippen molar-refractivity contribution in [2.75, 3.05) is 91.5 Å². The molecule has 3 amide bonds. The predicted molar refractivity (Wildman–Crippen MR) is 246 cm³/mol. The number of aryl methyl sites for hydroxylation is 1. The van der Waals surface area contributed by atoms with E-state index in [0.29, 0.717) is 122 Å². The molecule has 4 rings (SSSR count). The highest BCUT2D eigenvalue weighted by Gasteiger charge is 2.38. The number of rotatable bonds is 29. The molecule has 1 unspecified atom stereocenters. The molecular weight excluding hydrogens is 863 g/mol. The molecule has 368 valence electrons. The fourth-order valence-corrected chi connectivity index (χ4v) is 8.46. The molecule has 0 bridgehead atoms. The number of aliphatic imine (C=N–C) groups is 1. The van der Waals surface area contributed by atoms with Gasteiger partial charge in [-0.05, 0) is 67.9 Å². The van der Waals surface area contributed by atoms with Crippen molar-refractivity contribution in [3.63, 3.8) is 0 Å². The third-order valence-corrected chi connectivity index (χ3v) is 12.1. The lowest BCUT2D eigenvalue weighted by molar-refractivity contribution is -0.143. The molecule has 0 spiro atoms. The fraction of sp³-hybridized carbons (Fsp3) is 0.721. The molecule has 9 N–H and O–H groups in total. The average molecular weight is 938 g/mol. The zero-order chi connectivity index (χ0) is 47.6. The fourth-order valence-electron chi connectivity index (χ4n) is 7.01. The number of hydrogen-bond acceptors (Lipinski definition) is 14. The molecule has 2 aromatic rings. The summed E-state index contributed by atoms with van der Waals surface area (Å²) in [5, 5.41) is 14.0. The molecule has 1 fully saturated rings. The Bertz CT molecular complexity index is 1860. The van der Waals surface area contributed by atoms with Crippen LogP contribution in [0.1, 0.15) is 77.5 Å². The van der Waals surface area contributed by atoms with Crippen LogP contribution in [-0.4, -0.2) is 150 Å². The molecule has 3 heterocycles. The summed E-state index contributed by atoms with van der Waals surface area (Å²) in [7, 11) is -2.46. The first kappa shape index (κ1) is 54.9. The molecule has 0 saturated carbocycles. The lowest BCUT2D eigenvalue weighted by atomic mass is 9.91. The number of carbonyl (C=O) groups is 3. The molecule has 0 radical (unpaired) electrons. The molecule has 1 aromatic heterocycles. The van der Waals surface area contributed by atoms with E-state index in [1.807, 2.05) is 23.9 Å². The van der Waals surface area contributed by atoms with Crippen molar-refractivity contribution < 1.29 is 46.5 Å². The minimum absolute atomic E-state index is 0.0281. The number of fused-ring (bicyclic) bond motifs is 1. The first-order chi connectivity index (χ1) is 31.1. The summed E-state index contributed by atoms with van der Waals surface area (Å²) in [6.45, 7) is 15.4. The quantitative estimate of drug-likeness (QED) is 0.0379. The SMILES string of the molecule is CC1CNc2c(cccc2S(=O)(=O)N[C@@H](CCCN=C(N)N)C(=O)N2CC[C@@H](C)C[C@@H]2C(N)=O)C1.CNC(=O)CCOCCOCCOCCOCCOCc1cn(CCC(C)C)nn1. The predicted octanol–water partition coefficient (Wildman–Crippen LogP) is 1.15. The molecule has 21 nitrogen and oxygen atoms in total. The Morgan fingerprint density at radius 3 is 2.18 bits per heavy atom. The standard InChI is InChI=1S/C23H37N7O4S.C20H38N4O6/c1-14-8-10-30(18(12-14)21(24)31)22(32)17(6-4-9-27-23(25)26)29-35(33,34)19-7-3-5-16-11-15(2)13-28-20(16)19;1-18(2)4-6-24-16-19(22-23-24)17-30-15-14-29-13-12-28-11-10-27-9-8-26-7-5-20(25)21-3/h3,5,7,14-15,17-18,28-29H,4,6,8-13H2,1-2H3,(H2,24,31)(H4,25,26,27);16,18H,4-15,17H2,1-3H3,(H,21,25)/t14-,15?,17+,18-;/m1./s1. The van der Waals surface area contributed by atoms with Crippen molar-refractivity contribution in [1.29, 1.82) is 0 Å². The van der Waals surface area contributed by atoms with Gasteiger partial charge in [0.1, 0.15) is 22.7 Å². The van der Waals surface area contributed by atoms with E-state index in [2.05, 4.69) is 51.4 Å². The van der Waals surface area contributed by atoms with Crippen LogP contribution >= 0.6 is 0 Å². The topological polar surface area (TPSA) is 292 Å². The Labute approximate surface area is 384 Å². The van der Waals surface area contributed by atoms with Crippen LogP contribution in [0, 0.1) is 17.8 Å². The van der Waals surface area contributed by atoms with Gasteiger partial charge in [-0.1, -0.05) is 45.0 Å². The smallest absolute Gasteiger partial charge is 0.243 e. The van der Waals surface area contributed by atoms with Crippen molar-refractivity contribution in [2.24, 2.45) is 39.9 Å². The van der Waals surface area contributed by atoms with Crippen molar-refractivity contribution in [2.45, 2.75) is 103 Å². The van der Waals surface area contributed by atoms with E-state index in [4.69, 9.17) is 40.9 Å². The van der Waals surface area contributed by atoms with Gasteiger partial charge < -0.3 is 56.4 Å². The van der Waals surface area contributed by atoms with Crippen LogP contribution in [0.5, 0.6) is 0 Å². The second-order valence-corrected chi connectivity index (χ2v) is 18.4. The Morgan fingerprint density at radius 1 is 0.923 bits per heavy atom. The highest BCUT2D eigenvalue weighted by Crippen LogP contribution is 2.32. The summed E-state index contributed by atoms with van der Waals surface area (Å²) in [4.78, 5) is 42.1. The largest absolute Gasteiger partial charge is 0.383 e. The number of piperidine rings is 1. The van der Waals surface area contributed by atoms with Crippen LogP contribution < -0.4 is 32.6 Å². The van der Waals surface area contributed by atoms with E-state index in [0.717, 1.165) is 30.6 Å². The molecule has 65 heavy (non-hydrogen) atoms. The number of sulfonamides is 1. The first-order valence-electron chi connectivity index (χ1n) is 22.6. The summed E-state index contributed by atoms with van der Waals surface area (Å²) in [5.41, 5.74) is 18.7. The summed E-state index contributed by atoms with van der Waals surface area (Å²) in [5.74, 6) is 0.0868. The number of para-hydroxylation sites is 1. The van der Waals surface area contributed by atoms with Crippen LogP contribution in [0.25, 0.3) is 0 Å². The van der Waals surface area contributed by atoms with Crippen molar-refractivity contribution >= 4 is 39.4 Å². The summed E-state index contributed by atoms with van der Waals surface area (Å²) in [6, 6.07) is 3.27. The van der Waals surface area contributed by atoms with Gasteiger partial charge in [0.2, 0.25) is 27.7 Å². The van der Waals surface area contributed by atoms with E-state index >= 15 is 0 Å². The molecule has 0 aliphatic carbocycles. The zero-order valence-electron chi connectivity index (χ0n) is 39.0. The molecule has 22 heteroatoms. The van der Waals surface area contributed by atoms with E-state index < -0.39 is 33.9 Å². The molecule has 2 aliphatic heterocycles. The third kappa shape index (κ3) is 21.2. The highest BCUT2D eigenvalue weighted by molar-refractivity contribution is 7.89. The van der Waals surface area contributed by atoms with Crippen molar-refractivity contribution in [3.05, 3.63) is 35.7 Å². The van der Waals surface area contributed by atoms with Crippen LogP contribution in [0.3, 0.4) is 0 Å². The number of ether oxygens (including phenoxy) is 5. The first-order valence-corrected chi connectivity index (χ1v) is 24.1. The number of anilines is 1. The maximum Gasteiger partial charge on any atom is 0.243 e. The van der Waals surface area contributed by atoms with Gasteiger partial charge in [-0.25, -0.2) is 8.42 Å². The highest BCUT2D eigenvalue weighted by atomic mass is 32.2. The minimum atomic E-state index is -4.07. The third-order valence-electron chi connectivity index (χ3n) is 10.6. The number of guanidine groups is 1. The van der Waals surface area contributed by atoms with Crippen LogP contribution in [0.4, 0.5) is 5.69 Å². The lowest BCUT2D eigenvalue weighted by Crippen LogP contribution is -2.57. The number of nitrogens with two attached hydrogens (primary N) is 3. The van der Waals surface area contributed by atoms with Gasteiger partial charge in [0.15, 0.2) is 5.96 Å². The van der Waals surface area contributed by atoms with Gasteiger partial charge in [-0.3, -0.25) is 24.1 Å². The molecule has 1 saturated heterocycles. The van der Waals surface area contributed by atoms with Crippen LogP contribution in [0.2, 0.25) is 0 Å². The summed E-state index contributed by atoms with van der Waals surface area (Å²) < 4.78 is 58.6. The van der Waals surface area contributed by atoms with E-state index in [1.54, 1.807) is 13.1 Å². The van der Waals surface area contributed by atoms with Crippen LogP contribution in [0.15, 0.2) is 34.3 Å². The molecule has 1 aromatic carbocycles. The number of primary amides is 1. The number of nitrogens with one attached hydrogen (secondary N) is 3. The number of amides is 3. The Hall–Kier alpha value is -4.45. The number of nitrogens with zero attached hydrogens (tertiary/aromatic N) is 5. The number of aromatic nitrogens is 3. The van der Waals surface area contributed by atoms with Crippen molar-refractivity contribution in [1.82, 2.24) is 29.9 Å². The van der Waals surface area contributed by atoms with Gasteiger partial charge in [0.05, 0.1) is 78.0 Å². The molecule has 2 aliphatic rings. The molecule has 4 atom stereocenters. The van der Waals surface area contributed by atoms with Crippen molar-refractivity contribution in [3.8, 4) is 0 Å². The normalized spacial score (nSPS) is 17.6. The van der Waals surface area contributed by atoms with Gasteiger partial charge in [-0.2, -0.15) is 4.72 Å². The maximum atomic E-state index is 13.6. The van der Waals surface area contributed by atoms with E-state index in [1.165, 1.54) is 11.0 Å². The van der Waals surface area contributed by atoms with E-state index in [9.17, 15) is 22.8 Å². The Balaban J connectivity index is 0.000000350. The Morgan fingerprint density at radius 2 is 1.57 bits per heavy atom.